The van der Waals surface area contributed by atoms with E-state index in [1.165, 1.54) is 6.20 Å². The standard InChI is InChI=1S/C18H12N6O/c25-11-5-10(7-19-8-11)15-6-12-16(9-20-15)23-24-17(12)18-21-13-3-1-2-4-14(13)22-18/h1-9,25H,(H,21,22)(H,23,24). The number of H-pyrrole nitrogens is 2. The largest absolute Gasteiger partial charge is 0.506 e. The number of fused-ring (bicyclic) bond motifs is 2. The summed E-state index contributed by atoms with van der Waals surface area (Å²) in [7, 11) is 0. The lowest BCUT2D eigenvalue weighted by atomic mass is 10.1. The first-order valence-electron chi connectivity index (χ1n) is 7.71. The van der Waals surface area contributed by atoms with Crippen LogP contribution in [0.5, 0.6) is 5.75 Å². The average Bonchev–Trinajstić information content (AvgIpc) is 3.24. The van der Waals surface area contributed by atoms with Crippen molar-refractivity contribution in [1.29, 1.82) is 0 Å². The van der Waals surface area contributed by atoms with Crippen molar-refractivity contribution in [3.8, 4) is 28.5 Å². The van der Waals surface area contributed by atoms with E-state index in [0.29, 0.717) is 11.5 Å². The monoisotopic (exact) mass is 328 g/mol. The van der Waals surface area contributed by atoms with Crippen LogP contribution in [0.15, 0.2) is 55.0 Å². The average molecular weight is 328 g/mol. The molecule has 1 aromatic carbocycles. The van der Waals surface area contributed by atoms with Gasteiger partial charge in [-0.05, 0) is 24.3 Å². The molecule has 0 radical (unpaired) electrons. The lowest BCUT2D eigenvalue weighted by Crippen LogP contribution is -1.86. The zero-order valence-corrected chi connectivity index (χ0v) is 12.9. The fraction of sp³-hybridized carbons (Fsp3) is 0. The highest BCUT2D eigenvalue weighted by Crippen LogP contribution is 2.29. The van der Waals surface area contributed by atoms with E-state index in [4.69, 9.17) is 0 Å². The van der Waals surface area contributed by atoms with E-state index in [1.807, 2.05) is 30.3 Å². The number of nitrogens with zero attached hydrogens (tertiary/aromatic N) is 4. The second-order valence-corrected chi connectivity index (χ2v) is 5.72. The minimum absolute atomic E-state index is 0.101. The van der Waals surface area contributed by atoms with Crippen molar-refractivity contribution >= 4 is 21.9 Å². The van der Waals surface area contributed by atoms with Gasteiger partial charge in [0.15, 0.2) is 5.82 Å². The van der Waals surface area contributed by atoms with Gasteiger partial charge in [-0.25, -0.2) is 4.98 Å². The summed E-state index contributed by atoms with van der Waals surface area (Å²) in [4.78, 5) is 16.3. The van der Waals surface area contributed by atoms with Crippen LogP contribution in [-0.4, -0.2) is 35.2 Å². The first-order chi connectivity index (χ1) is 12.3. The number of imidazole rings is 1. The molecule has 0 aliphatic heterocycles. The second kappa shape index (κ2) is 5.13. The first kappa shape index (κ1) is 13.7. The van der Waals surface area contributed by atoms with Crippen LogP contribution in [-0.2, 0) is 0 Å². The summed E-state index contributed by atoms with van der Waals surface area (Å²) in [6, 6.07) is 11.4. The van der Waals surface area contributed by atoms with E-state index in [-0.39, 0.29) is 5.75 Å². The van der Waals surface area contributed by atoms with Crippen molar-refractivity contribution in [3.05, 3.63) is 55.0 Å². The van der Waals surface area contributed by atoms with Crippen molar-refractivity contribution in [3.63, 3.8) is 0 Å². The molecule has 120 valence electrons. The molecule has 0 unspecified atom stereocenters. The van der Waals surface area contributed by atoms with Crippen LogP contribution in [0.3, 0.4) is 0 Å². The summed E-state index contributed by atoms with van der Waals surface area (Å²) in [6.07, 6.45) is 4.77. The molecule has 4 aromatic heterocycles. The van der Waals surface area contributed by atoms with Gasteiger partial charge in [0, 0.05) is 17.1 Å². The molecule has 7 nitrogen and oxygen atoms in total. The van der Waals surface area contributed by atoms with Gasteiger partial charge in [0.1, 0.15) is 11.4 Å². The molecule has 0 amide bonds. The Morgan fingerprint density at radius 3 is 2.76 bits per heavy atom. The van der Waals surface area contributed by atoms with Gasteiger partial charge in [-0.2, -0.15) is 5.10 Å². The van der Waals surface area contributed by atoms with Crippen LogP contribution in [0.2, 0.25) is 0 Å². The third kappa shape index (κ3) is 2.21. The molecule has 0 bridgehead atoms. The first-order valence-corrected chi connectivity index (χ1v) is 7.71. The van der Waals surface area contributed by atoms with Gasteiger partial charge < -0.3 is 10.1 Å². The maximum atomic E-state index is 9.64. The molecule has 0 aliphatic rings. The van der Waals surface area contributed by atoms with Crippen LogP contribution >= 0.6 is 0 Å². The lowest BCUT2D eigenvalue weighted by Gasteiger charge is -2.01. The maximum absolute atomic E-state index is 9.64. The summed E-state index contributed by atoms with van der Waals surface area (Å²) in [5, 5.41) is 17.9. The molecule has 0 saturated carbocycles. The number of nitrogens with one attached hydrogen (secondary N) is 2. The highest BCUT2D eigenvalue weighted by Gasteiger charge is 2.14. The summed E-state index contributed by atoms with van der Waals surface area (Å²) >= 11 is 0. The Balaban J connectivity index is 1.70. The minimum atomic E-state index is 0.101. The Hall–Kier alpha value is -3.74. The Bertz CT molecular complexity index is 1190. The van der Waals surface area contributed by atoms with Gasteiger partial charge in [-0.3, -0.25) is 15.1 Å². The van der Waals surface area contributed by atoms with Gasteiger partial charge in [0.25, 0.3) is 0 Å². The second-order valence-electron chi connectivity index (χ2n) is 5.72. The molecule has 0 saturated heterocycles. The van der Waals surface area contributed by atoms with Crippen LogP contribution in [0.1, 0.15) is 0 Å². The zero-order valence-electron chi connectivity index (χ0n) is 12.9. The maximum Gasteiger partial charge on any atom is 0.159 e. The topological polar surface area (TPSA) is 103 Å². The van der Waals surface area contributed by atoms with E-state index in [2.05, 4.69) is 30.1 Å². The lowest BCUT2D eigenvalue weighted by molar-refractivity contribution is 0.473. The molecule has 0 aliphatic carbocycles. The smallest absolute Gasteiger partial charge is 0.159 e. The van der Waals surface area contributed by atoms with Gasteiger partial charge in [-0.15, -0.1) is 0 Å². The number of hydrogen-bond acceptors (Lipinski definition) is 5. The molecule has 25 heavy (non-hydrogen) atoms. The number of benzene rings is 1. The fourth-order valence-corrected chi connectivity index (χ4v) is 2.89. The highest BCUT2D eigenvalue weighted by atomic mass is 16.3. The van der Waals surface area contributed by atoms with Crippen molar-refractivity contribution in [2.45, 2.75) is 0 Å². The molecular formula is C18H12N6O. The summed E-state index contributed by atoms with van der Waals surface area (Å²) in [5.41, 5.74) is 4.82. The molecular weight excluding hydrogens is 316 g/mol. The van der Waals surface area contributed by atoms with Crippen molar-refractivity contribution in [1.82, 2.24) is 30.1 Å². The molecule has 0 fully saturated rings. The number of pyridine rings is 2. The number of aromatic nitrogens is 6. The van der Waals surface area contributed by atoms with Gasteiger partial charge in [-0.1, -0.05) is 12.1 Å². The third-order valence-electron chi connectivity index (χ3n) is 4.08. The fourth-order valence-electron chi connectivity index (χ4n) is 2.89. The molecule has 3 N–H and O–H groups in total. The Labute approximate surface area is 141 Å². The predicted octanol–water partition coefficient (Wildman–Crippen LogP) is 3.27. The van der Waals surface area contributed by atoms with E-state index in [9.17, 15) is 5.11 Å². The number of aromatic hydroxyl groups is 1. The predicted molar refractivity (Wildman–Crippen MR) is 93.9 cm³/mol. The normalized spacial score (nSPS) is 11.4. The molecule has 5 aromatic rings. The summed E-state index contributed by atoms with van der Waals surface area (Å²) < 4.78 is 0. The van der Waals surface area contributed by atoms with Crippen LogP contribution in [0.4, 0.5) is 0 Å². The minimum Gasteiger partial charge on any atom is -0.506 e. The molecule has 0 atom stereocenters. The van der Waals surface area contributed by atoms with E-state index < -0.39 is 0 Å². The van der Waals surface area contributed by atoms with E-state index in [1.54, 1.807) is 18.5 Å². The van der Waals surface area contributed by atoms with Gasteiger partial charge in [0.05, 0.1) is 34.6 Å². The Kier molecular flexibility index (Phi) is 2.81. The van der Waals surface area contributed by atoms with Crippen LogP contribution < -0.4 is 0 Å². The number of hydrogen-bond donors (Lipinski definition) is 3. The van der Waals surface area contributed by atoms with Gasteiger partial charge in [0.2, 0.25) is 0 Å². The Morgan fingerprint density at radius 2 is 1.88 bits per heavy atom. The highest BCUT2D eigenvalue weighted by molar-refractivity contribution is 5.94. The summed E-state index contributed by atoms with van der Waals surface area (Å²) in [5.74, 6) is 0.794. The molecule has 0 spiro atoms. The Morgan fingerprint density at radius 1 is 0.960 bits per heavy atom. The van der Waals surface area contributed by atoms with E-state index >= 15 is 0 Å². The zero-order chi connectivity index (χ0) is 16.8. The van der Waals surface area contributed by atoms with E-state index in [0.717, 1.165) is 33.2 Å². The molecule has 5 rings (SSSR count). The number of rotatable bonds is 2. The third-order valence-corrected chi connectivity index (χ3v) is 4.08. The van der Waals surface area contributed by atoms with Crippen molar-refractivity contribution in [2.75, 3.05) is 0 Å². The number of para-hydroxylation sites is 2. The van der Waals surface area contributed by atoms with Crippen LogP contribution in [0.25, 0.3) is 44.7 Å². The van der Waals surface area contributed by atoms with Crippen LogP contribution in [0, 0.1) is 0 Å². The quantitative estimate of drug-likeness (QED) is 0.461. The van der Waals surface area contributed by atoms with Crippen molar-refractivity contribution < 1.29 is 5.11 Å². The number of aromatic amines is 2. The van der Waals surface area contributed by atoms with Gasteiger partial charge >= 0.3 is 0 Å². The van der Waals surface area contributed by atoms with Crippen molar-refractivity contribution in [2.24, 2.45) is 0 Å². The SMILES string of the molecule is Oc1cncc(-c2cc3c(-c4nc5ccccc5[nH]4)n[nH]c3cn2)c1. The molecule has 4 heterocycles. The molecule has 7 heteroatoms. The summed E-state index contributed by atoms with van der Waals surface area (Å²) in [6.45, 7) is 0.